The Morgan fingerprint density at radius 1 is 1.00 bits per heavy atom. The van der Waals surface area contributed by atoms with E-state index in [0.29, 0.717) is 40.6 Å². The van der Waals surface area contributed by atoms with Crippen molar-refractivity contribution < 1.29 is 0 Å². The summed E-state index contributed by atoms with van der Waals surface area (Å²) in [5.74, 6) is 1.33. The molecular formula is C29H28N8O2. The minimum Gasteiger partial charge on any atom is -0.324 e. The number of hydrogen-bond acceptors (Lipinski definition) is 7. The Morgan fingerprint density at radius 2 is 1.85 bits per heavy atom. The Balaban J connectivity index is 1.30. The number of nitrogens with one attached hydrogen (secondary N) is 1. The lowest BCUT2D eigenvalue weighted by molar-refractivity contribution is 0.271. The molecule has 0 bridgehead atoms. The number of aromatic nitrogens is 6. The summed E-state index contributed by atoms with van der Waals surface area (Å²) >= 11 is 0. The minimum absolute atomic E-state index is 0.190. The standard InChI is InChI=1S/C29H28N8O2/c1-3-36-27(39)21-16-30-28(31-20-10-11-22-19(15-20)17-34(2)18-29(22)12-13-29)33-26(21)37(36)24-8-6-7-23(32-24)35-14-5-4-9-25(35)38/h4-11,14-16H,3,12-13,17-18H2,1-2H3,(H,30,31,33). The van der Waals surface area contributed by atoms with Gasteiger partial charge in [-0.05, 0) is 68.3 Å². The summed E-state index contributed by atoms with van der Waals surface area (Å²) in [7, 11) is 2.18. The molecule has 0 radical (unpaired) electrons. The zero-order chi connectivity index (χ0) is 26.7. The summed E-state index contributed by atoms with van der Waals surface area (Å²) in [5, 5.41) is 3.75. The molecule has 0 atom stereocenters. The van der Waals surface area contributed by atoms with E-state index >= 15 is 0 Å². The van der Waals surface area contributed by atoms with Crippen LogP contribution in [0.4, 0.5) is 11.6 Å². The first-order valence-corrected chi connectivity index (χ1v) is 13.2. The second kappa shape index (κ2) is 8.74. The van der Waals surface area contributed by atoms with E-state index in [2.05, 4.69) is 40.4 Å². The van der Waals surface area contributed by atoms with Crippen molar-refractivity contribution in [1.82, 2.24) is 33.8 Å². The number of anilines is 2. The Bertz CT molecular complexity index is 1860. The Kier molecular flexibility index (Phi) is 5.27. The lowest BCUT2D eigenvalue weighted by atomic mass is 9.87. The van der Waals surface area contributed by atoms with Crippen LogP contribution >= 0.6 is 0 Å². The van der Waals surface area contributed by atoms with Crippen molar-refractivity contribution in [3.8, 4) is 11.6 Å². The molecule has 2 aliphatic rings. The molecule has 5 aromatic rings. The second-order valence-electron chi connectivity index (χ2n) is 10.5. The zero-order valence-electron chi connectivity index (χ0n) is 21.8. The molecule has 1 aliphatic heterocycles. The monoisotopic (exact) mass is 520 g/mol. The molecule has 10 nitrogen and oxygen atoms in total. The van der Waals surface area contributed by atoms with E-state index in [0.717, 1.165) is 18.8 Å². The lowest BCUT2D eigenvalue weighted by Gasteiger charge is -2.32. The number of rotatable bonds is 5. The summed E-state index contributed by atoms with van der Waals surface area (Å²) in [5.41, 5.74) is 4.07. The first-order chi connectivity index (χ1) is 19.0. The number of hydrogen-bond donors (Lipinski definition) is 1. The number of likely N-dealkylation sites (N-methyl/N-ethyl adjacent to an activating group) is 1. The van der Waals surface area contributed by atoms with Gasteiger partial charge in [0.2, 0.25) is 5.95 Å². The van der Waals surface area contributed by atoms with Gasteiger partial charge in [0.15, 0.2) is 11.5 Å². The molecule has 1 saturated carbocycles. The normalized spacial score (nSPS) is 15.9. The van der Waals surface area contributed by atoms with Crippen LogP contribution < -0.4 is 16.4 Å². The Labute approximate surface area is 224 Å². The third-order valence-electron chi connectivity index (χ3n) is 7.78. The van der Waals surface area contributed by atoms with E-state index < -0.39 is 0 Å². The number of pyridine rings is 2. The van der Waals surface area contributed by atoms with E-state index in [1.807, 2.05) is 13.0 Å². The molecule has 0 saturated heterocycles. The predicted octanol–water partition coefficient (Wildman–Crippen LogP) is 3.37. The van der Waals surface area contributed by atoms with E-state index in [1.165, 1.54) is 34.6 Å². The zero-order valence-corrected chi connectivity index (χ0v) is 21.8. The Hall–Kier alpha value is -4.57. The molecule has 10 heteroatoms. The summed E-state index contributed by atoms with van der Waals surface area (Å²) in [6.45, 7) is 4.34. The van der Waals surface area contributed by atoms with Crippen molar-refractivity contribution in [3.05, 3.63) is 98.8 Å². The second-order valence-corrected chi connectivity index (χ2v) is 10.5. The van der Waals surface area contributed by atoms with Gasteiger partial charge in [0, 0.05) is 49.2 Å². The third-order valence-corrected chi connectivity index (χ3v) is 7.78. The first kappa shape index (κ1) is 23.5. The maximum absolute atomic E-state index is 13.2. The van der Waals surface area contributed by atoms with Gasteiger partial charge in [-0.1, -0.05) is 18.2 Å². The number of fused-ring (bicyclic) bond motifs is 3. The lowest BCUT2D eigenvalue weighted by Crippen LogP contribution is -2.35. The van der Waals surface area contributed by atoms with Crippen LogP contribution in [0, 0.1) is 0 Å². The van der Waals surface area contributed by atoms with Crippen molar-refractivity contribution >= 4 is 22.7 Å². The topological polar surface area (TPSA) is 103 Å². The van der Waals surface area contributed by atoms with E-state index in [9.17, 15) is 9.59 Å². The molecule has 0 amide bonds. The average molecular weight is 521 g/mol. The van der Waals surface area contributed by atoms with Gasteiger partial charge in [-0.3, -0.25) is 14.2 Å². The van der Waals surface area contributed by atoms with Gasteiger partial charge in [-0.2, -0.15) is 4.98 Å². The SMILES string of the molecule is CCn1c(=O)c2cnc(Nc3ccc4c(c3)CN(C)CC43CC3)nc2n1-c1cccc(-n2ccccc2=O)n1. The van der Waals surface area contributed by atoms with Crippen molar-refractivity contribution in [2.45, 2.75) is 38.3 Å². The van der Waals surface area contributed by atoms with Crippen LogP contribution in [0.2, 0.25) is 0 Å². The van der Waals surface area contributed by atoms with Crippen LogP contribution in [-0.4, -0.2) is 47.4 Å². The summed E-state index contributed by atoms with van der Waals surface area (Å²) in [4.78, 5) is 42.0. The van der Waals surface area contributed by atoms with Gasteiger partial charge in [-0.15, -0.1) is 0 Å². The molecule has 5 heterocycles. The quantitative estimate of drug-likeness (QED) is 0.379. The summed E-state index contributed by atoms with van der Waals surface area (Å²) in [6.07, 6.45) is 5.72. The van der Waals surface area contributed by atoms with Gasteiger partial charge in [0.05, 0.1) is 0 Å². The molecule has 7 rings (SSSR count). The molecule has 1 aromatic carbocycles. The van der Waals surface area contributed by atoms with Gasteiger partial charge in [0.1, 0.15) is 11.2 Å². The highest BCUT2D eigenvalue weighted by atomic mass is 16.1. The highest BCUT2D eigenvalue weighted by Gasteiger charge is 2.48. The molecule has 39 heavy (non-hydrogen) atoms. The van der Waals surface area contributed by atoms with Crippen LogP contribution in [0.3, 0.4) is 0 Å². The van der Waals surface area contributed by atoms with Crippen molar-refractivity contribution in [2.75, 3.05) is 18.9 Å². The smallest absolute Gasteiger partial charge is 0.278 e. The molecule has 1 aliphatic carbocycles. The minimum atomic E-state index is -0.199. The largest absolute Gasteiger partial charge is 0.324 e. The van der Waals surface area contributed by atoms with Crippen molar-refractivity contribution in [1.29, 1.82) is 0 Å². The fourth-order valence-electron chi connectivity index (χ4n) is 5.86. The van der Waals surface area contributed by atoms with Crippen LogP contribution in [0.25, 0.3) is 22.7 Å². The van der Waals surface area contributed by atoms with Crippen LogP contribution in [0.1, 0.15) is 30.9 Å². The summed E-state index contributed by atoms with van der Waals surface area (Å²) < 4.78 is 4.73. The molecule has 1 spiro atoms. The van der Waals surface area contributed by atoms with E-state index in [4.69, 9.17) is 9.97 Å². The van der Waals surface area contributed by atoms with Gasteiger partial charge >= 0.3 is 0 Å². The van der Waals surface area contributed by atoms with Crippen LogP contribution in [0.5, 0.6) is 0 Å². The van der Waals surface area contributed by atoms with Gasteiger partial charge < -0.3 is 10.2 Å². The van der Waals surface area contributed by atoms with Crippen molar-refractivity contribution in [3.63, 3.8) is 0 Å². The fourth-order valence-corrected chi connectivity index (χ4v) is 5.86. The highest BCUT2D eigenvalue weighted by Crippen LogP contribution is 2.52. The average Bonchev–Trinajstić information content (AvgIpc) is 3.64. The van der Waals surface area contributed by atoms with Crippen LogP contribution in [-0.2, 0) is 18.5 Å². The highest BCUT2D eigenvalue weighted by molar-refractivity contribution is 5.77. The molecular weight excluding hydrogens is 492 g/mol. The molecule has 1 fully saturated rings. The summed E-state index contributed by atoms with van der Waals surface area (Å²) in [6, 6.07) is 16.8. The first-order valence-electron chi connectivity index (χ1n) is 13.2. The molecule has 1 N–H and O–H groups in total. The number of benzene rings is 1. The third kappa shape index (κ3) is 3.87. The molecule has 0 unspecified atom stereocenters. The van der Waals surface area contributed by atoms with E-state index in [1.54, 1.807) is 46.0 Å². The molecule has 4 aromatic heterocycles. The van der Waals surface area contributed by atoms with Crippen LogP contribution in [0.15, 0.2) is 76.6 Å². The molecule has 196 valence electrons. The van der Waals surface area contributed by atoms with E-state index in [-0.39, 0.29) is 11.1 Å². The van der Waals surface area contributed by atoms with Gasteiger partial charge in [0.25, 0.3) is 11.1 Å². The fraction of sp³-hybridized carbons (Fsp3) is 0.276. The van der Waals surface area contributed by atoms with Crippen molar-refractivity contribution in [2.24, 2.45) is 0 Å². The maximum atomic E-state index is 13.2. The number of nitrogens with zero attached hydrogens (tertiary/aromatic N) is 7. The Morgan fingerprint density at radius 3 is 2.64 bits per heavy atom. The predicted molar refractivity (Wildman–Crippen MR) is 149 cm³/mol. The maximum Gasteiger partial charge on any atom is 0.278 e. The van der Waals surface area contributed by atoms with Gasteiger partial charge in [-0.25, -0.2) is 19.3 Å².